The van der Waals surface area contributed by atoms with Gasteiger partial charge in [-0.3, -0.25) is 0 Å². The maximum Gasteiger partial charge on any atom is 0.103 e. The summed E-state index contributed by atoms with van der Waals surface area (Å²) in [5.74, 6) is 0. The number of ether oxygens (including phenoxy) is 2. The Labute approximate surface area is 86.1 Å². The van der Waals surface area contributed by atoms with Crippen LogP contribution in [0.15, 0.2) is 12.4 Å². The fourth-order valence-corrected chi connectivity index (χ4v) is 1.64. The molecule has 0 aliphatic carbocycles. The van der Waals surface area contributed by atoms with E-state index in [-0.39, 0.29) is 0 Å². The van der Waals surface area contributed by atoms with E-state index in [1.165, 1.54) is 0 Å². The third-order valence-corrected chi connectivity index (χ3v) is 2.48. The molecule has 0 saturated carbocycles. The van der Waals surface area contributed by atoms with Gasteiger partial charge in [0.1, 0.15) is 6.17 Å². The molecule has 1 aliphatic rings. The molecule has 1 aliphatic heterocycles. The van der Waals surface area contributed by atoms with Crippen molar-refractivity contribution in [3.8, 4) is 0 Å². The van der Waals surface area contributed by atoms with Crippen LogP contribution >= 0.6 is 0 Å². The maximum atomic E-state index is 5.09. The van der Waals surface area contributed by atoms with Crippen molar-refractivity contribution >= 4 is 0 Å². The molecule has 0 N–H and O–H groups in total. The van der Waals surface area contributed by atoms with E-state index in [1.807, 2.05) is 0 Å². The fourth-order valence-electron chi connectivity index (χ4n) is 1.64. The molecule has 1 atom stereocenters. The molecule has 0 aromatic carbocycles. The van der Waals surface area contributed by atoms with Crippen molar-refractivity contribution in [3.05, 3.63) is 12.4 Å². The lowest BCUT2D eigenvalue weighted by molar-refractivity contribution is 0.0888. The Balaban J connectivity index is 2.35. The van der Waals surface area contributed by atoms with Gasteiger partial charge in [0.05, 0.1) is 6.61 Å². The lowest BCUT2D eigenvalue weighted by atomic mass is 10.3. The zero-order valence-corrected chi connectivity index (χ0v) is 9.27. The average molecular weight is 200 g/mol. The predicted octanol–water partition coefficient (Wildman–Crippen LogP) is 0.714. The van der Waals surface area contributed by atoms with Crippen LogP contribution < -0.4 is 0 Å². The molecule has 0 aromatic rings. The van der Waals surface area contributed by atoms with Crippen molar-refractivity contribution in [1.82, 2.24) is 9.80 Å². The quantitative estimate of drug-likeness (QED) is 0.630. The molecule has 1 heterocycles. The second-order valence-corrected chi connectivity index (χ2v) is 3.46. The molecule has 0 aromatic heterocycles. The van der Waals surface area contributed by atoms with E-state index < -0.39 is 0 Å². The zero-order valence-electron chi connectivity index (χ0n) is 9.27. The molecular weight excluding hydrogens is 180 g/mol. The predicted molar refractivity (Wildman–Crippen MR) is 55.8 cm³/mol. The second-order valence-electron chi connectivity index (χ2n) is 3.46. The first kappa shape index (κ1) is 11.3. The minimum absolute atomic E-state index is 0.421. The Kier molecular flexibility index (Phi) is 4.76. The molecule has 0 bridgehead atoms. The van der Waals surface area contributed by atoms with Crippen molar-refractivity contribution < 1.29 is 9.47 Å². The van der Waals surface area contributed by atoms with Gasteiger partial charge in [0.25, 0.3) is 0 Å². The van der Waals surface area contributed by atoms with E-state index in [4.69, 9.17) is 9.47 Å². The summed E-state index contributed by atoms with van der Waals surface area (Å²) in [7, 11) is 5.55. The lowest BCUT2D eigenvalue weighted by Gasteiger charge is -2.30. The van der Waals surface area contributed by atoms with Crippen LogP contribution in [0.2, 0.25) is 0 Å². The number of methoxy groups -OCH3 is 2. The molecule has 1 unspecified atom stereocenters. The SMILES string of the molecule is COCCC1N(C)C=CN1CCOC. The number of rotatable bonds is 6. The first-order valence-corrected chi connectivity index (χ1v) is 4.93. The van der Waals surface area contributed by atoms with Crippen molar-refractivity contribution in [2.75, 3.05) is 41.0 Å². The van der Waals surface area contributed by atoms with E-state index in [2.05, 4.69) is 29.2 Å². The maximum absolute atomic E-state index is 5.09. The summed E-state index contributed by atoms with van der Waals surface area (Å²) in [5.41, 5.74) is 0. The summed E-state index contributed by atoms with van der Waals surface area (Å²) >= 11 is 0. The number of hydrogen-bond donors (Lipinski definition) is 0. The largest absolute Gasteiger partial charge is 0.385 e. The summed E-state index contributed by atoms with van der Waals surface area (Å²) in [6.45, 7) is 2.49. The summed E-state index contributed by atoms with van der Waals surface area (Å²) in [6.07, 6.45) is 5.64. The van der Waals surface area contributed by atoms with Crippen LogP contribution in [0.1, 0.15) is 6.42 Å². The molecule has 1 rings (SSSR count). The van der Waals surface area contributed by atoms with Gasteiger partial charge in [0.15, 0.2) is 0 Å². The van der Waals surface area contributed by atoms with Crippen LogP contribution in [0.4, 0.5) is 0 Å². The van der Waals surface area contributed by atoms with Gasteiger partial charge in [-0.1, -0.05) is 0 Å². The topological polar surface area (TPSA) is 24.9 Å². The smallest absolute Gasteiger partial charge is 0.103 e. The summed E-state index contributed by atoms with van der Waals surface area (Å²) < 4.78 is 10.2. The number of nitrogens with zero attached hydrogens (tertiary/aromatic N) is 2. The highest BCUT2D eigenvalue weighted by Gasteiger charge is 2.22. The van der Waals surface area contributed by atoms with Crippen molar-refractivity contribution in [2.24, 2.45) is 0 Å². The van der Waals surface area contributed by atoms with Gasteiger partial charge < -0.3 is 19.3 Å². The van der Waals surface area contributed by atoms with Crippen LogP contribution in [-0.4, -0.2) is 57.0 Å². The highest BCUT2D eigenvalue weighted by Crippen LogP contribution is 2.16. The molecule has 0 amide bonds. The Morgan fingerprint density at radius 1 is 1.14 bits per heavy atom. The van der Waals surface area contributed by atoms with Crippen molar-refractivity contribution in [2.45, 2.75) is 12.6 Å². The molecule has 4 heteroatoms. The Morgan fingerprint density at radius 2 is 1.86 bits per heavy atom. The van der Waals surface area contributed by atoms with Gasteiger partial charge in [-0.2, -0.15) is 0 Å². The van der Waals surface area contributed by atoms with E-state index in [0.717, 1.165) is 26.2 Å². The zero-order chi connectivity index (χ0) is 10.4. The highest BCUT2D eigenvalue weighted by molar-refractivity contribution is 4.95. The summed E-state index contributed by atoms with van der Waals surface area (Å²) in [6, 6.07) is 0. The molecule has 0 radical (unpaired) electrons. The lowest BCUT2D eigenvalue weighted by Crippen LogP contribution is -2.38. The molecule has 14 heavy (non-hydrogen) atoms. The van der Waals surface area contributed by atoms with Crippen LogP contribution in [0.3, 0.4) is 0 Å². The van der Waals surface area contributed by atoms with Gasteiger partial charge in [-0.25, -0.2) is 0 Å². The minimum atomic E-state index is 0.421. The third-order valence-electron chi connectivity index (χ3n) is 2.48. The van der Waals surface area contributed by atoms with Crippen LogP contribution in [0.25, 0.3) is 0 Å². The first-order valence-electron chi connectivity index (χ1n) is 4.93. The average Bonchev–Trinajstić information content (AvgIpc) is 2.53. The molecule has 4 nitrogen and oxygen atoms in total. The summed E-state index contributed by atoms with van der Waals surface area (Å²) in [5, 5.41) is 0. The minimum Gasteiger partial charge on any atom is -0.385 e. The van der Waals surface area contributed by atoms with Crippen LogP contribution in [0, 0.1) is 0 Å². The molecular formula is C10H20N2O2. The Bertz CT molecular complexity index is 185. The van der Waals surface area contributed by atoms with E-state index in [1.54, 1.807) is 14.2 Å². The standard InChI is InChI=1S/C10H20N2O2/c1-11-5-6-12(7-9-14-3)10(11)4-8-13-2/h5-6,10H,4,7-9H2,1-3H3. The van der Waals surface area contributed by atoms with Gasteiger partial charge in [-0.15, -0.1) is 0 Å². The first-order chi connectivity index (χ1) is 6.79. The molecule has 0 fully saturated rings. The third kappa shape index (κ3) is 2.89. The second kappa shape index (κ2) is 5.88. The van der Waals surface area contributed by atoms with Gasteiger partial charge in [0, 0.05) is 53.2 Å². The highest BCUT2D eigenvalue weighted by atomic mass is 16.5. The number of hydrogen-bond acceptors (Lipinski definition) is 4. The van der Waals surface area contributed by atoms with Crippen molar-refractivity contribution in [3.63, 3.8) is 0 Å². The Hall–Kier alpha value is -0.740. The normalized spacial score (nSPS) is 20.9. The van der Waals surface area contributed by atoms with Crippen LogP contribution in [-0.2, 0) is 9.47 Å². The van der Waals surface area contributed by atoms with E-state index in [9.17, 15) is 0 Å². The monoisotopic (exact) mass is 200 g/mol. The van der Waals surface area contributed by atoms with Gasteiger partial charge in [-0.05, 0) is 0 Å². The van der Waals surface area contributed by atoms with Crippen molar-refractivity contribution in [1.29, 1.82) is 0 Å². The van der Waals surface area contributed by atoms with Gasteiger partial charge in [0.2, 0.25) is 0 Å². The van der Waals surface area contributed by atoms with Crippen LogP contribution in [0.5, 0.6) is 0 Å². The summed E-state index contributed by atoms with van der Waals surface area (Å²) in [4.78, 5) is 4.48. The van der Waals surface area contributed by atoms with E-state index >= 15 is 0 Å². The molecule has 82 valence electrons. The Morgan fingerprint density at radius 3 is 2.50 bits per heavy atom. The molecule has 0 spiro atoms. The molecule has 0 saturated heterocycles. The van der Waals surface area contributed by atoms with E-state index in [0.29, 0.717) is 6.17 Å². The fraction of sp³-hybridized carbons (Fsp3) is 0.800. The van der Waals surface area contributed by atoms with Gasteiger partial charge >= 0.3 is 0 Å².